The summed E-state index contributed by atoms with van der Waals surface area (Å²) in [6.45, 7) is 7.32. The zero-order valence-corrected chi connectivity index (χ0v) is 17.7. The summed E-state index contributed by atoms with van der Waals surface area (Å²) in [7, 11) is 3.50. The van der Waals surface area contributed by atoms with Crippen molar-refractivity contribution >= 4 is 17.7 Å². The van der Waals surface area contributed by atoms with Crippen LogP contribution in [-0.2, 0) is 4.79 Å². The molecule has 1 aromatic rings. The number of hydrogen-bond acceptors (Lipinski definition) is 3. The molecule has 1 aromatic carbocycles. The number of carbonyl (C=O) groups excluding carboxylic acids is 1. The molecule has 0 saturated carbocycles. The third-order valence-corrected chi connectivity index (χ3v) is 5.58. The van der Waals surface area contributed by atoms with Crippen LogP contribution >= 0.6 is 0 Å². The van der Waals surface area contributed by atoms with Gasteiger partial charge in [0.15, 0.2) is 5.84 Å². The number of likely N-dealkylation sites (N-methyl/N-ethyl adjacent to an activating group) is 1. The Labute approximate surface area is 168 Å². The lowest BCUT2D eigenvalue weighted by molar-refractivity contribution is -0.126. The molecule has 0 bridgehead atoms. The second-order valence-electron chi connectivity index (χ2n) is 8.06. The maximum absolute atomic E-state index is 13.3. The molecular formula is C22H33N3O3. The van der Waals surface area contributed by atoms with Crippen molar-refractivity contribution in [3.8, 4) is 0 Å². The van der Waals surface area contributed by atoms with Gasteiger partial charge in [0.1, 0.15) is 0 Å². The first-order chi connectivity index (χ1) is 13.3. The summed E-state index contributed by atoms with van der Waals surface area (Å²) in [5.41, 5.74) is 1.20. The number of aromatic carboxylic acids is 1. The molecule has 1 heterocycles. The molecule has 1 fully saturated rings. The number of benzene rings is 1. The van der Waals surface area contributed by atoms with Gasteiger partial charge in [-0.2, -0.15) is 0 Å². The minimum Gasteiger partial charge on any atom is -0.478 e. The van der Waals surface area contributed by atoms with Gasteiger partial charge in [-0.3, -0.25) is 9.79 Å². The minimum atomic E-state index is -0.946. The summed E-state index contributed by atoms with van der Waals surface area (Å²) in [5.74, 6) is 0.0110. The Kier molecular flexibility index (Phi) is 7.61. The van der Waals surface area contributed by atoms with Gasteiger partial charge >= 0.3 is 5.97 Å². The van der Waals surface area contributed by atoms with Crippen LogP contribution in [0.4, 0.5) is 0 Å². The van der Waals surface area contributed by atoms with E-state index in [1.807, 2.05) is 19.2 Å². The molecule has 1 saturated heterocycles. The molecule has 2 rings (SSSR count). The quantitative estimate of drug-likeness (QED) is 0.595. The Morgan fingerprint density at radius 1 is 1.25 bits per heavy atom. The van der Waals surface area contributed by atoms with Crippen LogP contribution in [0.3, 0.4) is 0 Å². The number of hydrogen-bond donors (Lipinski definition) is 1. The highest BCUT2D eigenvalue weighted by molar-refractivity contribution is 6.37. The van der Waals surface area contributed by atoms with Gasteiger partial charge in [0.2, 0.25) is 0 Å². The second-order valence-corrected chi connectivity index (χ2v) is 8.06. The highest BCUT2D eigenvalue weighted by Gasteiger charge is 2.32. The van der Waals surface area contributed by atoms with Gasteiger partial charge in [-0.15, -0.1) is 0 Å². The van der Waals surface area contributed by atoms with Crippen molar-refractivity contribution in [3.05, 3.63) is 35.4 Å². The molecular weight excluding hydrogens is 354 g/mol. The normalized spacial score (nSPS) is 18.4. The van der Waals surface area contributed by atoms with Crippen molar-refractivity contribution in [2.45, 2.75) is 58.5 Å². The number of carbonyl (C=O) groups is 2. The Morgan fingerprint density at radius 2 is 1.89 bits per heavy atom. The average molecular weight is 388 g/mol. The first-order valence-corrected chi connectivity index (χ1v) is 10.1. The zero-order valence-electron chi connectivity index (χ0n) is 17.7. The van der Waals surface area contributed by atoms with Crippen molar-refractivity contribution in [2.24, 2.45) is 10.9 Å². The summed E-state index contributed by atoms with van der Waals surface area (Å²) in [6.07, 6.45) is 3.94. The molecule has 6 heteroatoms. The van der Waals surface area contributed by atoms with E-state index in [0.29, 0.717) is 17.8 Å². The fourth-order valence-corrected chi connectivity index (χ4v) is 3.82. The standard InChI is InChI=1S/C22H33N3O3/c1-15(2)8-13-19(17-9-11-18(12-10-17)22(27)28)24(5)21(26)20(23-4)25-14-6-7-16(25)3/h9-12,15-16,19H,6-8,13-14H2,1-5H3,(H,27,28)/t16?,19-/m1/s1. The number of carboxylic acid groups (broad SMARTS) is 1. The van der Waals surface area contributed by atoms with E-state index >= 15 is 0 Å². The fourth-order valence-electron chi connectivity index (χ4n) is 3.82. The van der Waals surface area contributed by atoms with Crippen LogP contribution in [0.5, 0.6) is 0 Å². The predicted molar refractivity (Wildman–Crippen MR) is 112 cm³/mol. The van der Waals surface area contributed by atoms with Crippen molar-refractivity contribution in [2.75, 3.05) is 20.6 Å². The van der Waals surface area contributed by atoms with Crippen LogP contribution in [-0.4, -0.2) is 59.3 Å². The van der Waals surface area contributed by atoms with Crippen LogP contribution < -0.4 is 0 Å². The topological polar surface area (TPSA) is 73.2 Å². The predicted octanol–water partition coefficient (Wildman–Crippen LogP) is 3.83. The van der Waals surface area contributed by atoms with Crippen molar-refractivity contribution < 1.29 is 14.7 Å². The Balaban J connectivity index is 2.28. The Morgan fingerprint density at radius 3 is 2.36 bits per heavy atom. The number of amides is 1. The monoisotopic (exact) mass is 387 g/mol. The largest absolute Gasteiger partial charge is 0.478 e. The van der Waals surface area contributed by atoms with Crippen molar-refractivity contribution in [1.29, 1.82) is 0 Å². The average Bonchev–Trinajstić information content (AvgIpc) is 3.08. The van der Waals surface area contributed by atoms with E-state index in [4.69, 9.17) is 5.11 Å². The van der Waals surface area contributed by atoms with Crippen LogP contribution in [0.15, 0.2) is 29.3 Å². The Bertz CT molecular complexity index is 712. The molecule has 1 amide bonds. The summed E-state index contributed by atoms with van der Waals surface area (Å²) < 4.78 is 0. The van der Waals surface area contributed by atoms with Gasteiger partial charge in [-0.05, 0) is 56.2 Å². The van der Waals surface area contributed by atoms with Gasteiger partial charge in [-0.25, -0.2) is 4.79 Å². The van der Waals surface area contributed by atoms with Gasteiger partial charge in [0.05, 0.1) is 11.6 Å². The highest BCUT2D eigenvalue weighted by atomic mass is 16.4. The molecule has 1 unspecified atom stereocenters. The lowest BCUT2D eigenvalue weighted by atomic mass is 9.95. The molecule has 1 N–H and O–H groups in total. The molecule has 0 spiro atoms. The number of aliphatic imine (C=N–C) groups is 1. The second kappa shape index (κ2) is 9.71. The molecule has 28 heavy (non-hydrogen) atoms. The minimum absolute atomic E-state index is 0.0766. The van der Waals surface area contributed by atoms with Crippen LogP contribution in [0, 0.1) is 5.92 Å². The van der Waals surface area contributed by atoms with Gasteiger partial charge in [0.25, 0.3) is 5.91 Å². The third kappa shape index (κ3) is 5.12. The number of carboxylic acids is 1. The third-order valence-electron chi connectivity index (χ3n) is 5.58. The van der Waals surface area contributed by atoms with Crippen LogP contribution in [0.25, 0.3) is 0 Å². The van der Waals surface area contributed by atoms with Crippen LogP contribution in [0.1, 0.15) is 68.4 Å². The molecule has 6 nitrogen and oxygen atoms in total. The zero-order chi connectivity index (χ0) is 20.8. The number of likely N-dealkylation sites (tertiary alicyclic amines) is 1. The maximum atomic E-state index is 13.3. The number of amidine groups is 1. The van der Waals surface area contributed by atoms with Gasteiger partial charge in [-0.1, -0.05) is 26.0 Å². The van der Waals surface area contributed by atoms with E-state index in [2.05, 4.69) is 30.7 Å². The van der Waals surface area contributed by atoms with Gasteiger partial charge in [0, 0.05) is 26.7 Å². The molecule has 1 aliphatic heterocycles. The summed E-state index contributed by atoms with van der Waals surface area (Å²) in [5, 5.41) is 9.15. The van der Waals surface area contributed by atoms with Crippen molar-refractivity contribution in [3.63, 3.8) is 0 Å². The fraction of sp³-hybridized carbons (Fsp3) is 0.591. The van der Waals surface area contributed by atoms with E-state index in [1.54, 1.807) is 24.1 Å². The highest BCUT2D eigenvalue weighted by Crippen LogP contribution is 2.28. The maximum Gasteiger partial charge on any atom is 0.335 e. The van der Waals surface area contributed by atoms with Gasteiger partial charge < -0.3 is 14.9 Å². The SMILES string of the molecule is CN=C(C(=O)N(C)[C@H](CCC(C)C)c1ccc(C(=O)O)cc1)N1CCCC1C. The smallest absolute Gasteiger partial charge is 0.335 e. The summed E-state index contributed by atoms with van der Waals surface area (Å²) in [6, 6.07) is 7.05. The number of rotatable bonds is 6. The van der Waals surface area contributed by atoms with E-state index in [-0.39, 0.29) is 17.5 Å². The Hall–Kier alpha value is -2.37. The first-order valence-electron chi connectivity index (χ1n) is 10.1. The lowest BCUT2D eigenvalue weighted by Crippen LogP contribution is -2.46. The molecule has 1 aliphatic rings. The molecule has 0 aliphatic carbocycles. The summed E-state index contributed by atoms with van der Waals surface area (Å²) in [4.78, 5) is 32.7. The molecule has 0 aromatic heterocycles. The number of nitrogens with zero attached hydrogens (tertiary/aromatic N) is 3. The van der Waals surface area contributed by atoms with E-state index in [9.17, 15) is 9.59 Å². The first kappa shape index (κ1) is 21.9. The summed E-state index contributed by atoms with van der Waals surface area (Å²) >= 11 is 0. The molecule has 2 atom stereocenters. The van der Waals surface area contributed by atoms with Crippen LogP contribution in [0.2, 0.25) is 0 Å². The lowest BCUT2D eigenvalue weighted by Gasteiger charge is -2.33. The molecule has 0 radical (unpaired) electrons. The van der Waals surface area contributed by atoms with E-state index < -0.39 is 5.97 Å². The molecule has 154 valence electrons. The van der Waals surface area contributed by atoms with Crippen molar-refractivity contribution in [1.82, 2.24) is 9.80 Å². The van der Waals surface area contributed by atoms with E-state index in [0.717, 1.165) is 37.8 Å². The van der Waals surface area contributed by atoms with E-state index in [1.165, 1.54) is 0 Å².